The van der Waals surface area contributed by atoms with Crippen LogP contribution in [0, 0.1) is 5.82 Å². The molecule has 0 saturated heterocycles. The number of hydrogen-bond acceptors (Lipinski definition) is 4. The average Bonchev–Trinajstić information content (AvgIpc) is 2.98. The normalized spacial score (nSPS) is 14.6. The van der Waals surface area contributed by atoms with Gasteiger partial charge in [0, 0.05) is 48.3 Å². The number of benzene rings is 2. The number of nitrogens with one attached hydrogen (secondary N) is 3. The topological polar surface area (TPSA) is 56.4 Å². The summed E-state index contributed by atoms with van der Waals surface area (Å²) in [5.74, 6) is -0.609. The fraction of sp³-hybridized carbons (Fsp3) is 0.348. The van der Waals surface area contributed by atoms with Crippen LogP contribution in [0.1, 0.15) is 33.3 Å². The van der Waals surface area contributed by atoms with E-state index in [1.165, 1.54) is 12.1 Å². The van der Waals surface area contributed by atoms with Crippen molar-refractivity contribution in [2.45, 2.75) is 39.8 Å². The van der Waals surface area contributed by atoms with E-state index in [-0.39, 0.29) is 11.7 Å². The van der Waals surface area contributed by atoms with Crippen molar-refractivity contribution in [3.8, 4) is 0 Å². The van der Waals surface area contributed by atoms with Crippen LogP contribution in [-0.2, 0) is 4.79 Å². The molecule has 2 aromatic rings. The minimum absolute atomic E-state index is 0.240. The lowest BCUT2D eigenvalue weighted by atomic mass is 10.1. The van der Waals surface area contributed by atoms with Crippen LogP contribution in [0.25, 0.3) is 5.57 Å². The number of carbonyl (C=O) groups is 1. The van der Waals surface area contributed by atoms with E-state index in [9.17, 15) is 9.18 Å². The molecule has 0 atom stereocenters. The van der Waals surface area contributed by atoms with Crippen molar-refractivity contribution in [3.05, 3.63) is 60.0 Å². The zero-order valence-corrected chi connectivity index (χ0v) is 17.4. The maximum Gasteiger partial charge on any atom is 0.257 e. The van der Waals surface area contributed by atoms with Crippen molar-refractivity contribution < 1.29 is 9.18 Å². The van der Waals surface area contributed by atoms with Crippen molar-refractivity contribution in [3.63, 3.8) is 0 Å². The minimum atomic E-state index is -0.369. The van der Waals surface area contributed by atoms with E-state index in [2.05, 4.69) is 48.5 Å². The number of carbonyl (C=O) groups excluding carboxylic acids is 1. The fourth-order valence-electron chi connectivity index (χ4n) is 3.59. The summed E-state index contributed by atoms with van der Waals surface area (Å²) >= 11 is 0. The Hall–Kier alpha value is -2.86. The molecular weight excluding hydrogens is 367 g/mol. The Balaban J connectivity index is 1.58. The average molecular weight is 397 g/mol. The van der Waals surface area contributed by atoms with Crippen molar-refractivity contribution in [2.75, 3.05) is 29.0 Å². The second-order valence-electron chi connectivity index (χ2n) is 7.78. The molecule has 0 unspecified atom stereocenters. The molecule has 6 heteroatoms. The molecule has 154 valence electrons. The van der Waals surface area contributed by atoms with Crippen LogP contribution < -0.4 is 16.0 Å². The van der Waals surface area contributed by atoms with Crippen molar-refractivity contribution in [2.24, 2.45) is 0 Å². The van der Waals surface area contributed by atoms with Gasteiger partial charge in [-0.2, -0.15) is 0 Å². The highest BCUT2D eigenvalue weighted by Gasteiger charge is 2.24. The summed E-state index contributed by atoms with van der Waals surface area (Å²) in [6, 6.07) is 13.3. The van der Waals surface area contributed by atoms with Crippen molar-refractivity contribution in [1.82, 2.24) is 4.90 Å². The Kier molecular flexibility index (Phi) is 6.54. The third-order valence-electron chi connectivity index (χ3n) is 5.06. The van der Waals surface area contributed by atoms with Gasteiger partial charge in [0.25, 0.3) is 5.91 Å². The van der Waals surface area contributed by atoms with Gasteiger partial charge in [-0.15, -0.1) is 0 Å². The lowest BCUT2D eigenvalue weighted by Gasteiger charge is -2.30. The standard InChI is InChI=1S/C23H29FN4O/c1-15(2)28(16(3)4)12-11-25-18-6-8-19(9-7-18)26-14-21-20-10-5-17(24)13-22(20)27-23(21)29/h5-10,13-16,25-26H,11-12H2,1-4H3,(H,27,29)/b21-14+. The molecular formula is C23H29FN4O. The molecule has 3 N–H and O–H groups in total. The monoisotopic (exact) mass is 396 g/mol. The summed E-state index contributed by atoms with van der Waals surface area (Å²) in [5.41, 5.74) is 3.61. The molecule has 1 amide bonds. The third-order valence-corrected chi connectivity index (χ3v) is 5.06. The number of hydrogen-bond donors (Lipinski definition) is 3. The van der Waals surface area contributed by atoms with E-state index in [1.54, 1.807) is 12.3 Å². The molecule has 0 fully saturated rings. The van der Waals surface area contributed by atoms with E-state index in [0.717, 1.165) is 24.5 Å². The predicted octanol–water partition coefficient (Wildman–Crippen LogP) is 4.76. The summed E-state index contributed by atoms with van der Waals surface area (Å²) in [4.78, 5) is 14.6. The molecule has 5 nitrogen and oxygen atoms in total. The molecule has 0 spiro atoms. The summed E-state index contributed by atoms with van der Waals surface area (Å²) in [7, 11) is 0. The van der Waals surface area contributed by atoms with Gasteiger partial charge in [0.2, 0.25) is 0 Å². The zero-order valence-electron chi connectivity index (χ0n) is 17.4. The van der Waals surface area contributed by atoms with E-state index in [4.69, 9.17) is 0 Å². The first kappa shape index (κ1) is 20.9. The van der Waals surface area contributed by atoms with E-state index in [0.29, 0.717) is 28.9 Å². The second kappa shape index (κ2) is 9.09. The van der Waals surface area contributed by atoms with Crippen LogP contribution >= 0.6 is 0 Å². The van der Waals surface area contributed by atoms with Gasteiger partial charge in [0.1, 0.15) is 5.82 Å². The third kappa shape index (κ3) is 5.15. The molecule has 2 aromatic carbocycles. The fourth-order valence-corrected chi connectivity index (χ4v) is 3.59. The minimum Gasteiger partial charge on any atom is -0.384 e. The van der Waals surface area contributed by atoms with Crippen LogP contribution in [0.5, 0.6) is 0 Å². The SMILES string of the molecule is CC(C)N(CCNc1ccc(N/C=C2/C(=O)Nc3cc(F)ccc32)cc1)C(C)C. The highest BCUT2D eigenvalue weighted by Crippen LogP contribution is 2.32. The number of amides is 1. The molecule has 1 aliphatic rings. The van der Waals surface area contributed by atoms with Gasteiger partial charge < -0.3 is 16.0 Å². The van der Waals surface area contributed by atoms with Crippen molar-refractivity contribution in [1.29, 1.82) is 0 Å². The van der Waals surface area contributed by atoms with Gasteiger partial charge >= 0.3 is 0 Å². The van der Waals surface area contributed by atoms with E-state index >= 15 is 0 Å². The quantitative estimate of drug-likeness (QED) is 0.563. The maximum absolute atomic E-state index is 13.3. The first-order chi connectivity index (χ1) is 13.8. The number of nitrogens with zero attached hydrogens (tertiary/aromatic N) is 1. The van der Waals surface area contributed by atoms with Gasteiger partial charge in [0.05, 0.1) is 11.3 Å². The van der Waals surface area contributed by atoms with Gasteiger partial charge in [-0.1, -0.05) is 0 Å². The highest BCUT2D eigenvalue weighted by molar-refractivity contribution is 6.31. The highest BCUT2D eigenvalue weighted by atomic mass is 19.1. The smallest absolute Gasteiger partial charge is 0.257 e. The molecule has 0 aromatic heterocycles. The molecule has 0 bridgehead atoms. The summed E-state index contributed by atoms with van der Waals surface area (Å²) in [6.45, 7) is 10.7. The number of halogens is 1. The first-order valence-corrected chi connectivity index (χ1v) is 10.0. The first-order valence-electron chi connectivity index (χ1n) is 10.0. The molecule has 0 saturated carbocycles. The van der Waals surface area contributed by atoms with E-state index < -0.39 is 0 Å². The van der Waals surface area contributed by atoms with Crippen LogP contribution in [0.2, 0.25) is 0 Å². The van der Waals surface area contributed by atoms with Crippen LogP contribution in [0.3, 0.4) is 0 Å². The van der Waals surface area contributed by atoms with Crippen LogP contribution in [0.4, 0.5) is 21.5 Å². The number of fused-ring (bicyclic) bond motifs is 1. The molecule has 3 rings (SSSR count). The van der Waals surface area contributed by atoms with Gasteiger partial charge in [-0.25, -0.2) is 4.39 Å². The van der Waals surface area contributed by atoms with Gasteiger partial charge in [-0.05, 0) is 70.2 Å². The number of rotatable bonds is 8. The number of anilines is 3. The second-order valence-corrected chi connectivity index (χ2v) is 7.78. The molecule has 29 heavy (non-hydrogen) atoms. The molecule has 0 radical (unpaired) electrons. The lowest BCUT2D eigenvalue weighted by molar-refractivity contribution is -0.110. The van der Waals surface area contributed by atoms with Crippen molar-refractivity contribution >= 4 is 28.5 Å². The van der Waals surface area contributed by atoms with Crippen LogP contribution in [-0.4, -0.2) is 36.0 Å². The summed E-state index contributed by atoms with van der Waals surface area (Å²) < 4.78 is 13.3. The Labute approximate surface area is 172 Å². The van der Waals surface area contributed by atoms with E-state index in [1.807, 2.05) is 24.3 Å². The van der Waals surface area contributed by atoms with Gasteiger partial charge in [0.15, 0.2) is 0 Å². The Morgan fingerprint density at radius 2 is 1.69 bits per heavy atom. The largest absolute Gasteiger partial charge is 0.384 e. The zero-order chi connectivity index (χ0) is 21.0. The lowest BCUT2D eigenvalue weighted by Crippen LogP contribution is -2.40. The Bertz CT molecular complexity index is 882. The van der Waals surface area contributed by atoms with Crippen LogP contribution in [0.15, 0.2) is 48.7 Å². The molecule has 1 aliphatic heterocycles. The predicted molar refractivity (Wildman–Crippen MR) is 119 cm³/mol. The summed E-state index contributed by atoms with van der Waals surface area (Å²) in [6.07, 6.45) is 1.66. The Morgan fingerprint density at radius 3 is 2.34 bits per heavy atom. The maximum atomic E-state index is 13.3. The van der Waals surface area contributed by atoms with Gasteiger partial charge in [-0.3, -0.25) is 9.69 Å². The molecule has 0 aliphatic carbocycles. The Morgan fingerprint density at radius 1 is 1.03 bits per heavy atom. The summed E-state index contributed by atoms with van der Waals surface area (Å²) in [5, 5.41) is 9.28. The molecule has 1 heterocycles.